The highest BCUT2D eigenvalue weighted by atomic mass is 79.9. The topological polar surface area (TPSA) is 17.8 Å². The Morgan fingerprint density at radius 1 is 1.18 bits per heavy atom. The van der Waals surface area contributed by atoms with E-state index in [-0.39, 0.29) is 0 Å². The molecule has 2 aromatic rings. The SMILES string of the molecule is FC(F)(F)c1[c]cnn1-c1c(Br)cccc1Br. The fraction of sp³-hybridized carbons (Fsp3) is 0.100. The fourth-order valence-electron chi connectivity index (χ4n) is 1.33. The predicted octanol–water partition coefficient (Wildman–Crippen LogP) is 4.22. The lowest BCUT2D eigenvalue weighted by Gasteiger charge is -2.12. The Morgan fingerprint density at radius 3 is 2.29 bits per heavy atom. The second-order valence-corrected chi connectivity index (χ2v) is 4.83. The molecule has 0 atom stereocenters. The van der Waals surface area contributed by atoms with Gasteiger partial charge in [0.25, 0.3) is 0 Å². The van der Waals surface area contributed by atoms with Crippen molar-refractivity contribution in [2.75, 3.05) is 0 Å². The molecule has 0 spiro atoms. The Hall–Kier alpha value is -0.820. The van der Waals surface area contributed by atoms with Crippen molar-refractivity contribution in [3.63, 3.8) is 0 Å². The van der Waals surface area contributed by atoms with Gasteiger partial charge in [-0.05, 0) is 44.0 Å². The van der Waals surface area contributed by atoms with Crippen LogP contribution in [0.15, 0.2) is 33.3 Å². The van der Waals surface area contributed by atoms with Gasteiger partial charge in [0.2, 0.25) is 0 Å². The van der Waals surface area contributed by atoms with Crippen LogP contribution in [0.3, 0.4) is 0 Å². The standard InChI is InChI=1S/C10H4Br2F3N2/c11-6-2-1-3-7(12)9(6)17-8(4-5-16-17)10(13,14)15/h1-3,5H. The Kier molecular flexibility index (Phi) is 3.31. The van der Waals surface area contributed by atoms with E-state index in [2.05, 4.69) is 43.0 Å². The molecule has 0 fully saturated rings. The Bertz CT molecular complexity index is 528. The molecule has 0 aliphatic carbocycles. The van der Waals surface area contributed by atoms with Crippen molar-refractivity contribution in [1.82, 2.24) is 9.78 Å². The van der Waals surface area contributed by atoms with E-state index < -0.39 is 11.9 Å². The normalized spacial score (nSPS) is 11.8. The minimum atomic E-state index is -4.49. The van der Waals surface area contributed by atoms with Crippen molar-refractivity contribution in [2.45, 2.75) is 6.18 Å². The third-order valence-corrected chi connectivity index (χ3v) is 3.28. The minimum absolute atomic E-state index is 0.293. The van der Waals surface area contributed by atoms with Crippen LogP contribution in [0.4, 0.5) is 13.2 Å². The number of hydrogen-bond acceptors (Lipinski definition) is 1. The van der Waals surface area contributed by atoms with E-state index >= 15 is 0 Å². The van der Waals surface area contributed by atoms with Gasteiger partial charge in [-0.2, -0.15) is 18.3 Å². The van der Waals surface area contributed by atoms with Gasteiger partial charge < -0.3 is 0 Å². The smallest absolute Gasteiger partial charge is 0.226 e. The van der Waals surface area contributed by atoms with E-state index in [4.69, 9.17) is 0 Å². The zero-order valence-electron chi connectivity index (χ0n) is 8.09. The summed E-state index contributed by atoms with van der Waals surface area (Å²) in [7, 11) is 0. The lowest BCUT2D eigenvalue weighted by atomic mass is 10.3. The van der Waals surface area contributed by atoms with Crippen molar-refractivity contribution in [1.29, 1.82) is 0 Å². The molecule has 1 aromatic heterocycles. The summed E-state index contributed by atoms with van der Waals surface area (Å²) in [4.78, 5) is 0. The van der Waals surface area contributed by atoms with Crippen LogP contribution in [0, 0.1) is 6.07 Å². The van der Waals surface area contributed by atoms with Crippen LogP contribution in [-0.2, 0) is 6.18 Å². The van der Waals surface area contributed by atoms with Gasteiger partial charge in [-0.15, -0.1) is 0 Å². The lowest BCUT2D eigenvalue weighted by molar-refractivity contribution is -0.143. The van der Waals surface area contributed by atoms with E-state index in [1.807, 2.05) is 0 Å². The van der Waals surface area contributed by atoms with Crippen LogP contribution >= 0.6 is 31.9 Å². The van der Waals surface area contributed by atoms with Crippen LogP contribution < -0.4 is 0 Å². The molecule has 0 aliphatic rings. The van der Waals surface area contributed by atoms with Crippen molar-refractivity contribution in [2.24, 2.45) is 0 Å². The zero-order valence-corrected chi connectivity index (χ0v) is 11.3. The molecule has 2 nitrogen and oxygen atoms in total. The average molecular weight is 369 g/mol. The molecule has 0 aliphatic heterocycles. The molecule has 1 aromatic carbocycles. The number of aromatic nitrogens is 2. The van der Waals surface area contributed by atoms with E-state index in [0.29, 0.717) is 14.6 Å². The molecular formula is C10H4Br2F3N2. The maximum absolute atomic E-state index is 12.7. The molecule has 89 valence electrons. The number of alkyl halides is 3. The Morgan fingerprint density at radius 2 is 1.76 bits per heavy atom. The second kappa shape index (κ2) is 4.45. The van der Waals surface area contributed by atoms with Gasteiger partial charge in [0.1, 0.15) is 0 Å². The summed E-state index contributed by atoms with van der Waals surface area (Å²) in [6.45, 7) is 0. The number of rotatable bonds is 1. The summed E-state index contributed by atoms with van der Waals surface area (Å²) >= 11 is 6.39. The van der Waals surface area contributed by atoms with E-state index in [1.54, 1.807) is 18.2 Å². The van der Waals surface area contributed by atoms with Gasteiger partial charge >= 0.3 is 6.18 Å². The molecule has 1 radical (unpaired) electrons. The van der Waals surface area contributed by atoms with Gasteiger partial charge in [0, 0.05) is 15.0 Å². The largest absolute Gasteiger partial charge is 0.434 e. The first kappa shape index (κ1) is 12.6. The van der Waals surface area contributed by atoms with Crippen molar-refractivity contribution in [3.8, 4) is 5.69 Å². The summed E-state index contributed by atoms with van der Waals surface area (Å²) in [6.07, 6.45) is -3.50. The number of hydrogen-bond donors (Lipinski definition) is 0. The molecule has 7 heteroatoms. The summed E-state index contributed by atoms with van der Waals surface area (Å²) < 4.78 is 39.9. The third kappa shape index (κ3) is 2.40. The van der Waals surface area contributed by atoms with Gasteiger partial charge in [0.05, 0.1) is 11.9 Å². The van der Waals surface area contributed by atoms with E-state index in [1.165, 1.54) is 0 Å². The zero-order chi connectivity index (χ0) is 12.6. The molecule has 0 bridgehead atoms. The summed E-state index contributed by atoms with van der Waals surface area (Å²) in [5, 5.41) is 3.66. The van der Waals surface area contributed by atoms with E-state index in [9.17, 15) is 13.2 Å². The molecule has 0 unspecified atom stereocenters. The monoisotopic (exact) mass is 367 g/mol. The molecule has 17 heavy (non-hydrogen) atoms. The maximum atomic E-state index is 12.7. The second-order valence-electron chi connectivity index (χ2n) is 3.12. The average Bonchev–Trinajstić information content (AvgIpc) is 2.65. The highest BCUT2D eigenvalue weighted by Gasteiger charge is 2.36. The molecule has 0 saturated heterocycles. The Labute approximate surface area is 112 Å². The molecule has 2 rings (SSSR count). The van der Waals surface area contributed by atoms with Gasteiger partial charge in [0.15, 0.2) is 5.69 Å². The van der Waals surface area contributed by atoms with Gasteiger partial charge in [-0.25, -0.2) is 4.68 Å². The highest BCUT2D eigenvalue weighted by Crippen LogP contribution is 2.34. The number of nitrogens with zero attached hydrogens (tertiary/aromatic N) is 2. The van der Waals surface area contributed by atoms with Gasteiger partial charge in [-0.3, -0.25) is 0 Å². The lowest BCUT2D eigenvalue weighted by Crippen LogP contribution is -2.14. The third-order valence-electron chi connectivity index (χ3n) is 2.00. The highest BCUT2D eigenvalue weighted by molar-refractivity contribution is 9.11. The summed E-state index contributed by atoms with van der Waals surface area (Å²) in [5.74, 6) is 0. The molecule has 0 amide bonds. The predicted molar refractivity (Wildman–Crippen MR) is 62.8 cm³/mol. The number of halogens is 5. The minimum Gasteiger partial charge on any atom is -0.226 e. The quantitative estimate of drug-likeness (QED) is 0.737. The summed E-state index contributed by atoms with van der Waals surface area (Å²) in [6, 6.07) is 7.07. The van der Waals surface area contributed by atoms with Crippen molar-refractivity contribution >= 4 is 31.9 Å². The number of benzene rings is 1. The van der Waals surface area contributed by atoms with Gasteiger partial charge in [-0.1, -0.05) is 6.07 Å². The maximum Gasteiger partial charge on any atom is 0.434 e. The van der Waals surface area contributed by atoms with Crippen LogP contribution in [0.1, 0.15) is 5.69 Å². The molecule has 1 heterocycles. The van der Waals surface area contributed by atoms with Crippen LogP contribution in [0.5, 0.6) is 0 Å². The Balaban J connectivity index is 2.66. The summed E-state index contributed by atoms with van der Waals surface area (Å²) in [5.41, 5.74) is -0.647. The van der Waals surface area contributed by atoms with Crippen molar-refractivity contribution < 1.29 is 13.2 Å². The van der Waals surface area contributed by atoms with Crippen LogP contribution in [0.2, 0.25) is 0 Å². The fourth-order valence-corrected chi connectivity index (χ4v) is 2.66. The first-order valence-corrected chi connectivity index (χ1v) is 5.97. The van der Waals surface area contributed by atoms with E-state index in [0.717, 1.165) is 10.9 Å². The van der Waals surface area contributed by atoms with Crippen LogP contribution in [0.25, 0.3) is 5.69 Å². The molecule has 0 N–H and O–H groups in total. The van der Waals surface area contributed by atoms with Crippen LogP contribution in [-0.4, -0.2) is 9.78 Å². The first-order valence-electron chi connectivity index (χ1n) is 4.38. The van der Waals surface area contributed by atoms with Crippen molar-refractivity contribution in [3.05, 3.63) is 45.1 Å². The molecule has 0 saturated carbocycles. The molecular weight excluding hydrogens is 365 g/mol. The number of para-hydroxylation sites is 1. The first-order chi connectivity index (χ1) is 7.91.